The molecule has 2 aromatic rings. The SMILES string of the molecule is COCCNCc1cncn1C1CC1c1ccccc1. The van der Waals surface area contributed by atoms with Crippen molar-refractivity contribution in [2.45, 2.75) is 24.9 Å². The summed E-state index contributed by atoms with van der Waals surface area (Å²) in [6.07, 6.45) is 5.13. The third-order valence-electron chi connectivity index (χ3n) is 3.88. The predicted octanol–water partition coefficient (Wildman–Crippen LogP) is 2.35. The molecule has 1 heterocycles. The molecule has 0 bridgehead atoms. The molecule has 3 rings (SSSR count). The minimum absolute atomic E-state index is 0.569. The largest absolute Gasteiger partial charge is 0.383 e. The minimum atomic E-state index is 0.569. The Morgan fingerprint density at radius 2 is 2.20 bits per heavy atom. The Labute approximate surface area is 119 Å². The van der Waals surface area contributed by atoms with Crippen molar-refractivity contribution in [2.75, 3.05) is 20.3 Å². The molecule has 0 aliphatic heterocycles. The van der Waals surface area contributed by atoms with Gasteiger partial charge in [-0.2, -0.15) is 0 Å². The first-order valence-corrected chi connectivity index (χ1v) is 7.15. The molecule has 106 valence electrons. The number of ether oxygens (including phenoxy) is 1. The summed E-state index contributed by atoms with van der Waals surface area (Å²) in [7, 11) is 1.72. The van der Waals surface area contributed by atoms with Crippen LogP contribution in [-0.2, 0) is 11.3 Å². The Morgan fingerprint density at radius 1 is 1.35 bits per heavy atom. The van der Waals surface area contributed by atoms with E-state index in [-0.39, 0.29) is 0 Å². The summed E-state index contributed by atoms with van der Waals surface area (Å²) < 4.78 is 7.36. The lowest BCUT2D eigenvalue weighted by atomic mass is 10.1. The quantitative estimate of drug-likeness (QED) is 0.786. The Bertz CT molecular complexity index is 538. The molecule has 0 radical (unpaired) electrons. The molecule has 1 N–H and O–H groups in total. The van der Waals surface area contributed by atoms with E-state index >= 15 is 0 Å². The highest BCUT2D eigenvalue weighted by atomic mass is 16.5. The molecule has 2 atom stereocenters. The van der Waals surface area contributed by atoms with Crippen molar-refractivity contribution in [3.63, 3.8) is 0 Å². The molecule has 0 amide bonds. The van der Waals surface area contributed by atoms with Crippen molar-refractivity contribution in [1.82, 2.24) is 14.9 Å². The maximum Gasteiger partial charge on any atom is 0.0951 e. The molecular weight excluding hydrogens is 250 g/mol. The third kappa shape index (κ3) is 2.92. The first-order valence-electron chi connectivity index (χ1n) is 7.15. The summed E-state index contributed by atoms with van der Waals surface area (Å²) in [5.41, 5.74) is 2.69. The topological polar surface area (TPSA) is 39.1 Å². The second kappa shape index (κ2) is 6.20. The highest BCUT2D eigenvalue weighted by Gasteiger charge is 2.40. The van der Waals surface area contributed by atoms with Crippen molar-refractivity contribution in [3.8, 4) is 0 Å². The summed E-state index contributed by atoms with van der Waals surface area (Å²) in [5.74, 6) is 0.642. The van der Waals surface area contributed by atoms with Gasteiger partial charge in [-0.3, -0.25) is 0 Å². The van der Waals surface area contributed by atoms with Crippen LogP contribution in [0.15, 0.2) is 42.9 Å². The second-order valence-corrected chi connectivity index (χ2v) is 5.28. The van der Waals surface area contributed by atoms with Gasteiger partial charge in [-0.15, -0.1) is 0 Å². The molecule has 1 aromatic heterocycles. The van der Waals surface area contributed by atoms with Crippen molar-refractivity contribution >= 4 is 0 Å². The van der Waals surface area contributed by atoms with Gasteiger partial charge in [-0.05, 0) is 12.0 Å². The van der Waals surface area contributed by atoms with Crippen LogP contribution in [0.2, 0.25) is 0 Å². The monoisotopic (exact) mass is 271 g/mol. The van der Waals surface area contributed by atoms with Gasteiger partial charge >= 0.3 is 0 Å². The van der Waals surface area contributed by atoms with Crippen LogP contribution in [0, 0.1) is 0 Å². The van der Waals surface area contributed by atoms with Crippen molar-refractivity contribution in [1.29, 1.82) is 0 Å². The van der Waals surface area contributed by atoms with Crippen LogP contribution in [0.4, 0.5) is 0 Å². The molecule has 4 nitrogen and oxygen atoms in total. The standard InChI is InChI=1S/C16H21N3O/c1-20-8-7-17-10-14-11-18-12-19(14)16-9-15(16)13-5-3-2-4-6-13/h2-6,11-12,15-17H,7-10H2,1H3. The number of hydrogen-bond acceptors (Lipinski definition) is 3. The van der Waals surface area contributed by atoms with E-state index in [1.165, 1.54) is 17.7 Å². The lowest BCUT2D eigenvalue weighted by Crippen LogP contribution is -2.20. The molecule has 1 aliphatic rings. The van der Waals surface area contributed by atoms with Gasteiger partial charge in [0.15, 0.2) is 0 Å². The molecular formula is C16H21N3O. The smallest absolute Gasteiger partial charge is 0.0951 e. The molecule has 0 saturated heterocycles. The zero-order chi connectivity index (χ0) is 13.8. The average Bonchev–Trinajstić information content (AvgIpc) is 3.16. The molecule has 1 aliphatic carbocycles. The molecule has 1 aromatic carbocycles. The first kappa shape index (κ1) is 13.3. The van der Waals surface area contributed by atoms with Gasteiger partial charge in [0.05, 0.1) is 18.6 Å². The summed E-state index contributed by atoms with van der Waals surface area (Å²) in [5, 5.41) is 3.38. The fourth-order valence-corrected chi connectivity index (χ4v) is 2.71. The lowest BCUT2D eigenvalue weighted by molar-refractivity contribution is 0.199. The number of aromatic nitrogens is 2. The van der Waals surface area contributed by atoms with Gasteiger partial charge in [0.1, 0.15) is 0 Å². The average molecular weight is 271 g/mol. The number of hydrogen-bond donors (Lipinski definition) is 1. The Hall–Kier alpha value is -1.65. The zero-order valence-electron chi connectivity index (χ0n) is 11.8. The molecule has 1 saturated carbocycles. The fraction of sp³-hybridized carbons (Fsp3) is 0.438. The molecule has 2 unspecified atom stereocenters. The summed E-state index contributed by atoms with van der Waals surface area (Å²) in [6.45, 7) is 2.46. The molecule has 0 spiro atoms. The molecule has 1 fully saturated rings. The van der Waals surface area contributed by atoms with Gasteiger partial charge in [-0.1, -0.05) is 30.3 Å². The number of imidazole rings is 1. The van der Waals surface area contributed by atoms with E-state index < -0.39 is 0 Å². The maximum atomic E-state index is 5.04. The highest BCUT2D eigenvalue weighted by Crippen LogP contribution is 2.51. The third-order valence-corrected chi connectivity index (χ3v) is 3.88. The Kier molecular flexibility index (Phi) is 4.14. The van der Waals surface area contributed by atoms with Crippen molar-refractivity contribution < 1.29 is 4.74 Å². The first-order chi connectivity index (χ1) is 9.90. The van der Waals surface area contributed by atoms with Crippen molar-refractivity contribution in [3.05, 3.63) is 54.1 Å². The van der Waals surface area contributed by atoms with Crippen LogP contribution in [0.1, 0.15) is 29.6 Å². The Morgan fingerprint density at radius 3 is 3.00 bits per heavy atom. The summed E-state index contributed by atoms with van der Waals surface area (Å²) in [6, 6.07) is 11.3. The van der Waals surface area contributed by atoms with E-state index in [9.17, 15) is 0 Å². The van der Waals surface area contributed by atoms with E-state index in [0.29, 0.717) is 12.0 Å². The van der Waals surface area contributed by atoms with Crippen LogP contribution in [0.25, 0.3) is 0 Å². The van der Waals surface area contributed by atoms with E-state index in [4.69, 9.17) is 4.74 Å². The van der Waals surface area contributed by atoms with Crippen LogP contribution in [0.3, 0.4) is 0 Å². The van der Waals surface area contributed by atoms with Crippen molar-refractivity contribution in [2.24, 2.45) is 0 Å². The lowest BCUT2D eigenvalue weighted by Gasteiger charge is -2.09. The normalized spacial score (nSPS) is 21.1. The highest BCUT2D eigenvalue weighted by molar-refractivity contribution is 5.27. The molecule has 20 heavy (non-hydrogen) atoms. The summed E-state index contributed by atoms with van der Waals surface area (Å²) in [4.78, 5) is 4.30. The summed E-state index contributed by atoms with van der Waals surface area (Å²) >= 11 is 0. The number of nitrogens with zero attached hydrogens (tertiary/aromatic N) is 2. The zero-order valence-corrected chi connectivity index (χ0v) is 11.8. The van der Waals surface area contributed by atoms with Crippen LogP contribution in [-0.4, -0.2) is 29.8 Å². The van der Waals surface area contributed by atoms with Gasteiger partial charge in [0.2, 0.25) is 0 Å². The van der Waals surface area contributed by atoms with Crippen LogP contribution >= 0.6 is 0 Å². The number of benzene rings is 1. The number of nitrogens with one attached hydrogen (secondary N) is 1. The fourth-order valence-electron chi connectivity index (χ4n) is 2.71. The minimum Gasteiger partial charge on any atom is -0.383 e. The van der Waals surface area contributed by atoms with Crippen LogP contribution < -0.4 is 5.32 Å². The van der Waals surface area contributed by atoms with Crippen LogP contribution in [0.5, 0.6) is 0 Å². The Balaban J connectivity index is 1.60. The van der Waals surface area contributed by atoms with E-state index in [1.807, 2.05) is 12.5 Å². The van der Waals surface area contributed by atoms with E-state index in [2.05, 4.69) is 45.2 Å². The van der Waals surface area contributed by atoms with Gasteiger partial charge in [0.25, 0.3) is 0 Å². The van der Waals surface area contributed by atoms with Gasteiger partial charge in [-0.25, -0.2) is 4.98 Å². The second-order valence-electron chi connectivity index (χ2n) is 5.28. The van der Waals surface area contributed by atoms with E-state index in [1.54, 1.807) is 7.11 Å². The maximum absolute atomic E-state index is 5.04. The van der Waals surface area contributed by atoms with Gasteiger partial charge in [0, 0.05) is 38.4 Å². The number of rotatable bonds is 7. The predicted molar refractivity (Wildman–Crippen MR) is 78.6 cm³/mol. The molecule has 4 heteroatoms. The number of methoxy groups -OCH3 is 1. The van der Waals surface area contributed by atoms with Gasteiger partial charge < -0.3 is 14.6 Å². The van der Waals surface area contributed by atoms with E-state index in [0.717, 1.165) is 19.7 Å².